The summed E-state index contributed by atoms with van der Waals surface area (Å²) in [5.74, 6) is 0.377. The molecule has 0 radical (unpaired) electrons. The largest absolute Gasteiger partial charge is 0.496 e. The fourth-order valence-electron chi connectivity index (χ4n) is 4.57. The second kappa shape index (κ2) is 8.90. The van der Waals surface area contributed by atoms with Crippen LogP contribution < -0.4 is 21.1 Å². The molecule has 4 rings (SSSR count). The Labute approximate surface area is 186 Å². The van der Waals surface area contributed by atoms with E-state index in [-0.39, 0.29) is 29.5 Å². The van der Waals surface area contributed by atoms with E-state index in [2.05, 4.69) is 15.6 Å². The molecule has 0 saturated heterocycles. The highest BCUT2D eigenvalue weighted by atomic mass is 16.5. The topological polar surface area (TPSA) is 105 Å². The highest BCUT2D eigenvalue weighted by molar-refractivity contribution is 6.04. The van der Waals surface area contributed by atoms with Crippen molar-refractivity contribution in [1.29, 1.82) is 0 Å². The van der Waals surface area contributed by atoms with Gasteiger partial charge in [0.15, 0.2) is 0 Å². The lowest BCUT2D eigenvalue weighted by molar-refractivity contribution is -0.121. The number of aromatic amines is 1. The molecule has 3 N–H and O–H groups in total. The van der Waals surface area contributed by atoms with Gasteiger partial charge in [0.1, 0.15) is 5.75 Å². The van der Waals surface area contributed by atoms with Gasteiger partial charge in [0.2, 0.25) is 5.91 Å². The number of ether oxygens (including phenoxy) is 1. The molecule has 1 fully saturated rings. The second-order valence-corrected chi connectivity index (χ2v) is 8.26. The van der Waals surface area contributed by atoms with Crippen molar-refractivity contribution in [3.8, 4) is 5.75 Å². The van der Waals surface area contributed by atoms with Crippen LogP contribution in [0.1, 0.15) is 47.6 Å². The molecule has 0 atom stereocenters. The normalized spacial score (nSPS) is 18.3. The molecule has 1 aliphatic rings. The summed E-state index contributed by atoms with van der Waals surface area (Å²) in [6, 6.07) is 10.9. The molecule has 1 heterocycles. The number of methoxy groups -OCH3 is 1. The third-order valence-electron chi connectivity index (χ3n) is 6.33. The van der Waals surface area contributed by atoms with Crippen LogP contribution in [0.5, 0.6) is 5.75 Å². The van der Waals surface area contributed by atoms with Gasteiger partial charge in [0, 0.05) is 30.8 Å². The molecule has 32 heavy (non-hydrogen) atoms. The molecule has 1 aromatic heterocycles. The predicted octanol–water partition coefficient (Wildman–Crippen LogP) is 3.38. The van der Waals surface area contributed by atoms with E-state index in [0.29, 0.717) is 42.5 Å². The van der Waals surface area contributed by atoms with Gasteiger partial charge in [0.25, 0.3) is 5.91 Å². The van der Waals surface area contributed by atoms with Crippen LogP contribution in [0.2, 0.25) is 0 Å². The summed E-state index contributed by atoms with van der Waals surface area (Å²) in [5.41, 5.74) is 3.21. The van der Waals surface area contributed by atoms with Gasteiger partial charge in [-0.05, 0) is 56.4 Å². The summed E-state index contributed by atoms with van der Waals surface area (Å²) in [7, 11) is 3.18. The predicted molar refractivity (Wildman–Crippen MR) is 123 cm³/mol. The minimum atomic E-state index is -0.239. The molecular weight excluding hydrogens is 408 g/mol. The summed E-state index contributed by atoms with van der Waals surface area (Å²) in [6.07, 6.45) is 2.81. The van der Waals surface area contributed by atoms with Crippen molar-refractivity contribution in [2.75, 3.05) is 19.5 Å². The van der Waals surface area contributed by atoms with Crippen LogP contribution >= 0.6 is 0 Å². The number of imidazole rings is 1. The molecule has 2 amide bonds. The fourth-order valence-corrected chi connectivity index (χ4v) is 4.57. The molecular formula is C24H28N4O4. The maximum Gasteiger partial charge on any atom is 0.326 e. The summed E-state index contributed by atoms with van der Waals surface area (Å²) < 4.78 is 7.07. The Bertz CT molecular complexity index is 1220. The minimum Gasteiger partial charge on any atom is -0.496 e. The number of carbonyl (C=O) groups is 2. The molecule has 2 aromatic carbocycles. The van der Waals surface area contributed by atoms with Crippen LogP contribution in [0.3, 0.4) is 0 Å². The number of amides is 2. The number of H-pyrrole nitrogens is 1. The van der Waals surface area contributed by atoms with Gasteiger partial charge in [-0.1, -0.05) is 12.1 Å². The van der Waals surface area contributed by atoms with E-state index in [4.69, 9.17) is 4.74 Å². The monoisotopic (exact) mass is 436 g/mol. The zero-order valence-corrected chi connectivity index (χ0v) is 18.5. The Hall–Kier alpha value is -3.55. The molecule has 0 bridgehead atoms. The Balaban J connectivity index is 1.48. The summed E-state index contributed by atoms with van der Waals surface area (Å²) >= 11 is 0. The van der Waals surface area contributed by atoms with Crippen LogP contribution in [0, 0.1) is 12.8 Å². The Morgan fingerprint density at radius 2 is 1.88 bits per heavy atom. The van der Waals surface area contributed by atoms with E-state index in [1.165, 1.54) is 0 Å². The Kier molecular flexibility index (Phi) is 6.03. The van der Waals surface area contributed by atoms with E-state index in [0.717, 1.165) is 16.8 Å². The van der Waals surface area contributed by atoms with Gasteiger partial charge in [-0.2, -0.15) is 0 Å². The zero-order chi connectivity index (χ0) is 22.8. The molecule has 168 valence electrons. The number of hydrogen-bond donors (Lipinski definition) is 3. The summed E-state index contributed by atoms with van der Waals surface area (Å²) in [4.78, 5) is 40.5. The number of hydrogen-bond acceptors (Lipinski definition) is 4. The first-order chi connectivity index (χ1) is 15.4. The van der Waals surface area contributed by atoms with Crippen molar-refractivity contribution < 1.29 is 14.3 Å². The molecule has 0 aliphatic heterocycles. The minimum absolute atomic E-state index is 0.0115. The number of anilines is 1. The smallest absolute Gasteiger partial charge is 0.326 e. The summed E-state index contributed by atoms with van der Waals surface area (Å²) in [6.45, 7) is 1.95. The van der Waals surface area contributed by atoms with Crippen molar-refractivity contribution in [3.05, 3.63) is 58.0 Å². The Morgan fingerprint density at radius 1 is 1.12 bits per heavy atom. The number of nitrogens with zero attached hydrogens (tertiary/aromatic N) is 1. The Morgan fingerprint density at radius 3 is 2.56 bits per heavy atom. The number of carbonyl (C=O) groups excluding carboxylic acids is 2. The van der Waals surface area contributed by atoms with Crippen molar-refractivity contribution in [2.45, 2.75) is 38.6 Å². The molecule has 8 nitrogen and oxygen atoms in total. The fraction of sp³-hybridized carbons (Fsp3) is 0.375. The number of para-hydroxylation sites is 1. The third kappa shape index (κ3) is 4.00. The molecule has 1 saturated carbocycles. The highest BCUT2D eigenvalue weighted by Gasteiger charge is 2.29. The molecule has 1 aliphatic carbocycles. The van der Waals surface area contributed by atoms with E-state index in [9.17, 15) is 14.4 Å². The number of rotatable bonds is 5. The van der Waals surface area contributed by atoms with Crippen molar-refractivity contribution in [1.82, 2.24) is 14.9 Å². The van der Waals surface area contributed by atoms with Gasteiger partial charge in [-0.25, -0.2) is 4.79 Å². The van der Waals surface area contributed by atoms with Crippen LogP contribution in [-0.2, 0) is 4.79 Å². The van der Waals surface area contributed by atoms with Gasteiger partial charge in [-0.3, -0.25) is 14.2 Å². The SMILES string of the molecule is CNC(=O)c1cccc2c1[nH]c(=O)n2C1CCC(C(=O)Nc2ccc(C)c(OC)c2)CC1. The van der Waals surface area contributed by atoms with Crippen LogP contribution in [0.4, 0.5) is 5.69 Å². The van der Waals surface area contributed by atoms with Gasteiger partial charge < -0.3 is 20.4 Å². The molecule has 0 spiro atoms. The van der Waals surface area contributed by atoms with E-state index in [1.807, 2.05) is 31.2 Å². The first-order valence-electron chi connectivity index (χ1n) is 10.8. The van der Waals surface area contributed by atoms with E-state index >= 15 is 0 Å². The van der Waals surface area contributed by atoms with Crippen molar-refractivity contribution in [3.63, 3.8) is 0 Å². The van der Waals surface area contributed by atoms with Crippen LogP contribution in [-0.4, -0.2) is 35.5 Å². The average molecular weight is 437 g/mol. The maximum absolute atomic E-state index is 12.8. The van der Waals surface area contributed by atoms with Crippen molar-refractivity contribution in [2.24, 2.45) is 5.92 Å². The number of benzene rings is 2. The number of nitrogens with one attached hydrogen (secondary N) is 3. The maximum atomic E-state index is 12.8. The average Bonchev–Trinajstić information content (AvgIpc) is 3.15. The van der Waals surface area contributed by atoms with Crippen molar-refractivity contribution >= 4 is 28.5 Å². The zero-order valence-electron chi connectivity index (χ0n) is 18.5. The van der Waals surface area contributed by atoms with Gasteiger partial charge in [-0.15, -0.1) is 0 Å². The number of aryl methyl sites for hydroxylation is 1. The van der Waals surface area contributed by atoms with E-state index < -0.39 is 0 Å². The molecule has 0 unspecified atom stereocenters. The van der Waals surface area contributed by atoms with Gasteiger partial charge >= 0.3 is 5.69 Å². The van der Waals surface area contributed by atoms with E-state index in [1.54, 1.807) is 30.9 Å². The quantitative estimate of drug-likeness (QED) is 0.570. The summed E-state index contributed by atoms with van der Waals surface area (Å²) in [5, 5.41) is 5.60. The second-order valence-electron chi connectivity index (χ2n) is 8.26. The lowest BCUT2D eigenvalue weighted by Crippen LogP contribution is -2.31. The lowest BCUT2D eigenvalue weighted by Gasteiger charge is -2.28. The van der Waals surface area contributed by atoms with Crippen LogP contribution in [0.25, 0.3) is 11.0 Å². The first kappa shape index (κ1) is 21.7. The first-order valence-corrected chi connectivity index (χ1v) is 10.8. The molecule has 3 aromatic rings. The molecule has 8 heteroatoms. The standard InChI is InChI=1S/C24H28N4O4/c1-14-7-10-16(13-20(14)32-3)26-22(29)15-8-11-17(12-9-15)28-19-6-4-5-18(23(30)25-2)21(19)27-24(28)31/h4-7,10,13,15,17H,8-9,11-12H2,1-3H3,(H,25,30)(H,26,29)(H,27,31). The van der Waals surface area contributed by atoms with Gasteiger partial charge in [0.05, 0.1) is 23.7 Å². The number of fused-ring (bicyclic) bond motifs is 1. The highest BCUT2D eigenvalue weighted by Crippen LogP contribution is 2.34. The van der Waals surface area contributed by atoms with Crippen LogP contribution in [0.15, 0.2) is 41.2 Å². The third-order valence-corrected chi connectivity index (χ3v) is 6.33. The number of aromatic nitrogens is 2. The lowest BCUT2D eigenvalue weighted by atomic mass is 9.85.